The van der Waals surface area contributed by atoms with Crippen molar-refractivity contribution >= 4 is 30.9 Å². The predicted octanol–water partition coefficient (Wildman–Crippen LogP) is 1.84. The minimum atomic E-state index is 0.0444. The molecule has 2 aromatic carbocycles. The van der Waals surface area contributed by atoms with Gasteiger partial charge in [-0.15, -0.1) is 0 Å². The Kier molecular flexibility index (Phi) is 3.68. The zero-order valence-corrected chi connectivity index (χ0v) is 13.1. The van der Waals surface area contributed by atoms with Crippen molar-refractivity contribution in [1.82, 2.24) is 0 Å². The number of carbonyl (C=O) groups is 1. The Morgan fingerprint density at radius 1 is 0.875 bits per heavy atom. The quantitative estimate of drug-likeness (QED) is 0.573. The summed E-state index contributed by atoms with van der Waals surface area (Å²) in [6.45, 7) is 0. The molecule has 0 radical (unpaired) electrons. The Labute approximate surface area is 110 Å². The van der Waals surface area contributed by atoms with Gasteiger partial charge in [0.25, 0.3) is 0 Å². The van der Waals surface area contributed by atoms with E-state index in [1.54, 1.807) is 12.1 Å². The first kappa shape index (κ1) is 11.3. The van der Waals surface area contributed by atoms with E-state index in [2.05, 4.69) is 0 Å². The van der Waals surface area contributed by atoms with Crippen LogP contribution in [0.2, 0.25) is 0 Å². The zero-order valence-electron chi connectivity index (χ0n) is 8.59. The molecule has 0 aliphatic heterocycles. The third kappa shape index (κ3) is 2.48. The molecule has 2 rings (SSSR count). The Hall–Kier alpha value is -1.21. The third-order valence-electron chi connectivity index (χ3n) is 2.29. The molecule has 80 valence electrons. The number of rotatable bonds is 3. The van der Waals surface area contributed by atoms with E-state index >= 15 is 0 Å². The first-order valence-corrected chi connectivity index (χ1v) is 6.71. The summed E-state index contributed by atoms with van der Waals surface area (Å²) in [4.78, 5) is 12.0. The first-order chi connectivity index (χ1) is 7.81. The van der Waals surface area contributed by atoms with E-state index in [-0.39, 0.29) is 5.78 Å². The fourth-order valence-corrected chi connectivity index (χ4v) is 2.05. The second kappa shape index (κ2) is 5.22. The van der Waals surface area contributed by atoms with Crippen LogP contribution in [0, 0.1) is 0 Å². The molecule has 0 amide bonds. The van der Waals surface area contributed by atoms with Crippen molar-refractivity contribution < 1.29 is 7.61 Å². The van der Waals surface area contributed by atoms with Gasteiger partial charge >= 0.3 is 110 Å². The summed E-state index contributed by atoms with van der Waals surface area (Å²) in [5, 5.41) is 0. The van der Waals surface area contributed by atoms with Crippen LogP contribution in [0.1, 0.15) is 15.9 Å². The van der Waals surface area contributed by atoms with Gasteiger partial charge in [0, 0.05) is 0 Å². The molecule has 0 bridgehead atoms. The molecule has 0 atom stereocenters. The van der Waals surface area contributed by atoms with E-state index in [9.17, 15) is 4.79 Å². The molecule has 16 heavy (non-hydrogen) atoms. The predicted molar refractivity (Wildman–Crippen MR) is 65.5 cm³/mol. The molecule has 0 saturated carbocycles. The number of carbonyl (C=O) groups excluding carboxylic acids is 1. The molecular formula is C13H11BiO2. The minimum absolute atomic E-state index is 0.0444. The summed E-state index contributed by atoms with van der Waals surface area (Å²) in [7, 11) is 0. The van der Waals surface area contributed by atoms with Crippen LogP contribution in [0.3, 0.4) is 0 Å². The number of ketones is 1. The van der Waals surface area contributed by atoms with Crippen molar-refractivity contribution in [2.45, 2.75) is 0 Å². The summed E-state index contributed by atoms with van der Waals surface area (Å²) in [6.07, 6.45) is 0. The maximum atomic E-state index is 12.0. The van der Waals surface area contributed by atoms with Crippen molar-refractivity contribution in [3.05, 3.63) is 65.7 Å². The van der Waals surface area contributed by atoms with Crippen molar-refractivity contribution in [3.8, 4) is 5.75 Å². The molecule has 0 aromatic heterocycles. The molecule has 0 aliphatic rings. The van der Waals surface area contributed by atoms with E-state index in [1.807, 2.05) is 42.5 Å². The Morgan fingerprint density at radius 2 is 1.44 bits per heavy atom. The van der Waals surface area contributed by atoms with Crippen molar-refractivity contribution in [1.29, 1.82) is 0 Å². The molecule has 0 N–H and O–H groups in total. The van der Waals surface area contributed by atoms with E-state index < -0.39 is 0 Å². The summed E-state index contributed by atoms with van der Waals surface area (Å²) in [6, 6.07) is 16.5. The standard InChI is InChI=1S/C13H10O2.Bi.2H/c14-12-8-6-11(7-9-12)13(15)10-4-2-1-3-5-10;;;/h1-9,14H;;;/q;+1;;/p-1. The van der Waals surface area contributed by atoms with E-state index in [0.29, 0.717) is 36.3 Å². The van der Waals surface area contributed by atoms with Crippen LogP contribution in [0.5, 0.6) is 5.75 Å². The van der Waals surface area contributed by atoms with E-state index in [4.69, 9.17) is 2.81 Å². The Balaban J connectivity index is 2.28. The van der Waals surface area contributed by atoms with Crippen LogP contribution in [0.4, 0.5) is 0 Å². The monoisotopic (exact) mass is 408 g/mol. The molecule has 0 saturated heterocycles. The average Bonchev–Trinajstić information content (AvgIpc) is 2.39. The topological polar surface area (TPSA) is 26.3 Å². The zero-order chi connectivity index (χ0) is 11.4. The number of benzene rings is 2. The normalized spacial score (nSPS) is 9.81. The third-order valence-corrected chi connectivity index (χ3v) is 3.35. The molecule has 0 unspecified atom stereocenters. The van der Waals surface area contributed by atoms with Crippen LogP contribution in [-0.4, -0.2) is 30.9 Å². The molecular weight excluding hydrogens is 397 g/mol. The SMILES string of the molecule is O=C(c1ccccc1)c1ccc([O][BiH2])cc1. The van der Waals surface area contributed by atoms with Gasteiger partial charge in [0.2, 0.25) is 0 Å². The second-order valence-electron chi connectivity index (χ2n) is 3.34. The fourth-order valence-electron chi connectivity index (χ4n) is 1.44. The van der Waals surface area contributed by atoms with Crippen molar-refractivity contribution in [2.75, 3.05) is 0 Å². The summed E-state index contributed by atoms with van der Waals surface area (Å²) in [5.74, 6) is 0.873. The fraction of sp³-hybridized carbons (Fsp3) is 0. The van der Waals surface area contributed by atoms with Gasteiger partial charge in [-0.25, -0.2) is 0 Å². The van der Waals surface area contributed by atoms with Gasteiger partial charge in [0.15, 0.2) is 0 Å². The van der Waals surface area contributed by atoms with Gasteiger partial charge in [-0.3, -0.25) is 0 Å². The van der Waals surface area contributed by atoms with Gasteiger partial charge in [-0.05, 0) is 0 Å². The van der Waals surface area contributed by atoms with Crippen LogP contribution in [-0.2, 0) is 0 Å². The average molecular weight is 408 g/mol. The molecule has 2 nitrogen and oxygen atoms in total. The summed E-state index contributed by atoms with van der Waals surface area (Å²) < 4.78 is 5.21. The first-order valence-electron chi connectivity index (χ1n) is 4.88. The molecule has 3 heteroatoms. The van der Waals surface area contributed by atoms with Gasteiger partial charge in [-0.2, -0.15) is 0 Å². The van der Waals surface area contributed by atoms with Gasteiger partial charge in [-0.1, -0.05) is 0 Å². The molecule has 0 fully saturated rings. The van der Waals surface area contributed by atoms with Gasteiger partial charge < -0.3 is 0 Å². The second-order valence-corrected chi connectivity index (χ2v) is 4.25. The van der Waals surface area contributed by atoms with Crippen LogP contribution in [0.25, 0.3) is 0 Å². The van der Waals surface area contributed by atoms with Gasteiger partial charge in [0.1, 0.15) is 0 Å². The van der Waals surface area contributed by atoms with E-state index in [1.165, 1.54) is 0 Å². The van der Waals surface area contributed by atoms with Crippen molar-refractivity contribution in [2.24, 2.45) is 0 Å². The summed E-state index contributed by atoms with van der Waals surface area (Å²) in [5.41, 5.74) is 1.40. The molecule has 2 aromatic rings. The van der Waals surface area contributed by atoms with Crippen molar-refractivity contribution in [3.63, 3.8) is 0 Å². The summed E-state index contributed by atoms with van der Waals surface area (Å²) >= 11 is 0.473. The van der Waals surface area contributed by atoms with Crippen LogP contribution < -0.4 is 2.81 Å². The Morgan fingerprint density at radius 3 is 2.00 bits per heavy atom. The molecule has 0 heterocycles. The van der Waals surface area contributed by atoms with Crippen LogP contribution in [0.15, 0.2) is 54.6 Å². The number of hydrogen-bond donors (Lipinski definition) is 0. The Bertz CT molecular complexity index is 477. The van der Waals surface area contributed by atoms with Crippen LogP contribution >= 0.6 is 0 Å². The molecule has 0 spiro atoms. The molecule has 0 aliphatic carbocycles. The number of hydrogen-bond acceptors (Lipinski definition) is 2. The van der Waals surface area contributed by atoms with Gasteiger partial charge in [0.05, 0.1) is 0 Å². The van der Waals surface area contributed by atoms with E-state index in [0.717, 1.165) is 5.75 Å². The maximum absolute atomic E-state index is 12.0.